The molecule has 0 radical (unpaired) electrons. The predicted octanol–water partition coefficient (Wildman–Crippen LogP) is 4.06. The molecule has 0 spiro atoms. The molecule has 0 saturated carbocycles. The van der Waals surface area contributed by atoms with Gasteiger partial charge < -0.3 is 10.1 Å². The van der Waals surface area contributed by atoms with Gasteiger partial charge in [0.1, 0.15) is 6.33 Å². The lowest BCUT2D eigenvalue weighted by Gasteiger charge is -2.12. The van der Waals surface area contributed by atoms with E-state index in [1.54, 1.807) is 36.7 Å². The van der Waals surface area contributed by atoms with Crippen LogP contribution in [0.15, 0.2) is 79.1 Å². The number of esters is 1. The summed E-state index contributed by atoms with van der Waals surface area (Å²) in [5.41, 5.74) is 4.04. The molecular formula is C22H17N3O3. The number of fused-ring (bicyclic) bond motifs is 1. The average Bonchev–Trinajstić information content (AvgIpc) is 3.17. The van der Waals surface area contributed by atoms with Crippen LogP contribution < -0.4 is 5.32 Å². The van der Waals surface area contributed by atoms with Crippen LogP contribution in [0.3, 0.4) is 0 Å². The maximum atomic E-state index is 12.9. The minimum atomic E-state index is -0.421. The zero-order valence-electron chi connectivity index (χ0n) is 15.1. The summed E-state index contributed by atoms with van der Waals surface area (Å²) in [6.45, 7) is 0. The number of ether oxygens (including phenoxy) is 1. The molecule has 1 aromatic heterocycles. The molecule has 0 aliphatic rings. The van der Waals surface area contributed by atoms with Crippen molar-refractivity contribution in [3.05, 3.63) is 90.3 Å². The van der Waals surface area contributed by atoms with Crippen LogP contribution in [0.5, 0.6) is 0 Å². The van der Waals surface area contributed by atoms with Crippen molar-refractivity contribution in [1.29, 1.82) is 0 Å². The van der Waals surface area contributed by atoms with Gasteiger partial charge in [-0.05, 0) is 48.5 Å². The van der Waals surface area contributed by atoms with E-state index in [0.29, 0.717) is 16.8 Å². The second-order valence-electron chi connectivity index (χ2n) is 6.14. The van der Waals surface area contributed by atoms with Gasteiger partial charge in [0, 0.05) is 5.69 Å². The van der Waals surface area contributed by atoms with Crippen LogP contribution in [0.1, 0.15) is 20.7 Å². The third-order valence-electron chi connectivity index (χ3n) is 4.43. The first-order valence-corrected chi connectivity index (χ1v) is 8.68. The Bertz CT molecular complexity index is 1160. The third kappa shape index (κ3) is 3.23. The maximum Gasteiger partial charge on any atom is 0.337 e. The van der Waals surface area contributed by atoms with Crippen LogP contribution in [0.4, 0.5) is 5.69 Å². The van der Waals surface area contributed by atoms with E-state index in [0.717, 1.165) is 16.7 Å². The summed E-state index contributed by atoms with van der Waals surface area (Å²) >= 11 is 0. The lowest BCUT2D eigenvalue weighted by Crippen LogP contribution is -2.15. The highest BCUT2D eigenvalue weighted by molar-refractivity contribution is 6.07. The molecule has 0 aliphatic carbocycles. The number of carbonyl (C=O) groups is 2. The number of para-hydroxylation sites is 3. The second-order valence-corrected chi connectivity index (χ2v) is 6.14. The lowest BCUT2D eigenvalue weighted by atomic mass is 10.1. The van der Waals surface area contributed by atoms with Gasteiger partial charge in [-0.1, -0.05) is 24.3 Å². The van der Waals surface area contributed by atoms with Gasteiger partial charge in [0.05, 0.1) is 35.0 Å². The topological polar surface area (TPSA) is 73.2 Å². The van der Waals surface area contributed by atoms with E-state index in [1.165, 1.54) is 7.11 Å². The number of amides is 1. The number of nitrogens with zero attached hydrogens (tertiary/aromatic N) is 2. The quantitative estimate of drug-likeness (QED) is 0.549. The summed E-state index contributed by atoms with van der Waals surface area (Å²) in [6.07, 6.45) is 1.71. The van der Waals surface area contributed by atoms with Gasteiger partial charge in [-0.3, -0.25) is 9.36 Å². The van der Waals surface area contributed by atoms with E-state index in [9.17, 15) is 9.59 Å². The third-order valence-corrected chi connectivity index (χ3v) is 4.43. The number of carbonyl (C=O) groups excluding carboxylic acids is 2. The molecule has 4 aromatic rings. The van der Waals surface area contributed by atoms with Crippen LogP contribution in [-0.2, 0) is 4.74 Å². The SMILES string of the molecule is COC(=O)c1ccc(NC(=O)c2ccccc2-n2cnc3ccccc32)cc1. The van der Waals surface area contributed by atoms with Crippen LogP contribution in [-0.4, -0.2) is 28.5 Å². The summed E-state index contributed by atoms with van der Waals surface area (Å²) in [5, 5.41) is 2.87. The molecule has 1 heterocycles. The second kappa shape index (κ2) is 7.36. The molecular weight excluding hydrogens is 354 g/mol. The molecule has 0 aliphatic heterocycles. The molecule has 1 amide bonds. The van der Waals surface area contributed by atoms with Crippen LogP contribution in [0, 0.1) is 0 Å². The van der Waals surface area contributed by atoms with Crippen LogP contribution >= 0.6 is 0 Å². The van der Waals surface area contributed by atoms with Gasteiger partial charge in [-0.15, -0.1) is 0 Å². The maximum absolute atomic E-state index is 12.9. The molecule has 6 nitrogen and oxygen atoms in total. The van der Waals surface area contributed by atoms with Crippen molar-refractivity contribution in [2.45, 2.75) is 0 Å². The largest absolute Gasteiger partial charge is 0.465 e. The Hall–Kier alpha value is -3.93. The molecule has 28 heavy (non-hydrogen) atoms. The highest BCUT2D eigenvalue weighted by Gasteiger charge is 2.15. The Morgan fingerprint density at radius 1 is 0.929 bits per heavy atom. The number of methoxy groups -OCH3 is 1. The highest BCUT2D eigenvalue weighted by atomic mass is 16.5. The molecule has 6 heteroatoms. The van der Waals surface area contributed by atoms with Crippen molar-refractivity contribution < 1.29 is 14.3 Å². The fraction of sp³-hybridized carbons (Fsp3) is 0.0455. The first kappa shape index (κ1) is 17.5. The first-order valence-electron chi connectivity index (χ1n) is 8.68. The molecule has 0 atom stereocenters. The standard InChI is InChI=1S/C22H17N3O3/c1-28-22(27)15-10-12-16(13-11-15)24-21(26)17-6-2-4-8-19(17)25-14-23-18-7-3-5-9-20(18)25/h2-14H,1H3,(H,24,26). The van der Waals surface area contributed by atoms with Crippen LogP contribution in [0.2, 0.25) is 0 Å². The van der Waals surface area contributed by atoms with E-state index < -0.39 is 5.97 Å². The van der Waals surface area contributed by atoms with Gasteiger partial charge in [-0.2, -0.15) is 0 Å². The zero-order valence-corrected chi connectivity index (χ0v) is 15.1. The number of aromatic nitrogens is 2. The normalized spacial score (nSPS) is 10.6. The molecule has 0 saturated heterocycles. The number of hydrogen-bond donors (Lipinski definition) is 1. The van der Waals surface area contributed by atoms with Crippen molar-refractivity contribution in [2.75, 3.05) is 12.4 Å². The zero-order chi connectivity index (χ0) is 19.5. The number of benzene rings is 3. The number of hydrogen-bond acceptors (Lipinski definition) is 4. The van der Waals surface area contributed by atoms with Crippen molar-refractivity contribution >= 4 is 28.6 Å². The molecule has 0 unspecified atom stereocenters. The Morgan fingerprint density at radius 3 is 2.43 bits per heavy atom. The van der Waals surface area contributed by atoms with Gasteiger partial charge in [0.2, 0.25) is 0 Å². The van der Waals surface area contributed by atoms with Crippen LogP contribution in [0.25, 0.3) is 16.7 Å². The number of rotatable bonds is 4. The van der Waals surface area contributed by atoms with E-state index in [4.69, 9.17) is 0 Å². The van der Waals surface area contributed by atoms with E-state index in [-0.39, 0.29) is 5.91 Å². The molecule has 3 aromatic carbocycles. The smallest absolute Gasteiger partial charge is 0.337 e. The van der Waals surface area contributed by atoms with Gasteiger partial charge in [-0.25, -0.2) is 9.78 Å². The Morgan fingerprint density at radius 2 is 1.64 bits per heavy atom. The van der Waals surface area contributed by atoms with Crippen molar-refractivity contribution in [2.24, 2.45) is 0 Å². The fourth-order valence-corrected chi connectivity index (χ4v) is 3.03. The van der Waals surface area contributed by atoms with Crippen molar-refractivity contribution in [3.8, 4) is 5.69 Å². The molecule has 0 fully saturated rings. The summed E-state index contributed by atoms with van der Waals surface area (Å²) in [7, 11) is 1.33. The van der Waals surface area contributed by atoms with Gasteiger partial charge >= 0.3 is 5.97 Å². The summed E-state index contributed by atoms with van der Waals surface area (Å²) in [4.78, 5) is 28.8. The Kier molecular flexibility index (Phi) is 4.60. The lowest BCUT2D eigenvalue weighted by molar-refractivity contribution is 0.0600. The van der Waals surface area contributed by atoms with Gasteiger partial charge in [0.15, 0.2) is 0 Å². The Balaban J connectivity index is 1.65. The summed E-state index contributed by atoms with van der Waals surface area (Å²) in [6, 6.07) is 21.6. The first-order chi connectivity index (χ1) is 13.7. The highest BCUT2D eigenvalue weighted by Crippen LogP contribution is 2.22. The number of imidazole rings is 1. The fourth-order valence-electron chi connectivity index (χ4n) is 3.03. The average molecular weight is 371 g/mol. The van der Waals surface area contributed by atoms with E-state index >= 15 is 0 Å². The summed E-state index contributed by atoms with van der Waals surface area (Å²) < 4.78 is 6.58. The molecule has 0 bridgehead atoms. The number of nitrogens with one attached hydrogen (secondary N) is 1. The Labute approximate surface area is 161 Å². The molecule has 1 N–H and O–H groups in total. The minimum Gasteiger partial charge on any atom is -0.465 e. The predicted molar refractivity (Wildman–Crippen MR) is 107 cm³/mol. The summed E-state index contributed by atoms with van der Waals surface area (Å²) in [5.74, 6) is -0.672. The molecule has 4 rings (SSSR count). The minimum absolute atomic E-state index is 0.251. The monoisotopic (exact) mass is 371 g/mol. The van der Waals surface area contributed by atoms with E-state index in [1.807, 2.05) is 47.0 Å². The molecule has 138 valence electrons. The van der Waals surface area contributed by atoms with E-state index in [2.05, 4.69) is 15.0 Å². The van der Waals surface area contributed by atoms with Crippen molar-refractivity contribution in [3.63, 3.8) is 0 Å². The van der Waals surface area contributed by atoms with Gasteiger partial charge in [0.25, 0.3) is 5.91 Å². The van der Waals surface area contributed by atoms with Crippen molar-refractivity contribution in [1.82, 2.24) is 9.55 Å². The number of anilines is 1.